The van der Waals surface area contributed by atoms with E-state index >= 15 is 0 Å². The van der Waals surface area contributed by atoms with Crippen molar-refractivity contribution < 1.29 is 5.11 Å². The summed E-state index contributed by atoms with van der Waals surface area (Å²) in [6.45, 7) is 4.64. The fourth-order valence-electron chi connectivity index (χ4n) is 3.04. The molecule has 82 valence electrons. The Hall–Kier alpha value is -0.120. The average molecular weight is 198 g/mol. The van der Waals surface area contributed by atoms with Crippen LogP contribution in [-0.2, 0) is 0 Å². The molecule has 14 heavy (non-hydrogen) atoms. The Morgan fingerprint density at radius 2 is 2.29 bits per heavy atom. The SMILES string of the molecule is CC1(O)CCN(C2CCCC2CN)C1. The largest absolute Gasteiger partial charge is 0.389 e. The van der Waals surface area contributed by atoms with Gasteiger partial charge in [-0.25, -0.2) is 0 Å². The molecule has 2 aliphatic rings. The minimum atomic E-state index is -0.457. The average Bonchev–Trinajstić information content (AvgIpc) is 2.70. The summed E-state index contributed by atoms with van der Waals surface area (Å²) in [5.41, 5.74) is 5.31. The topological polar surface area (TPSA) is 49.5 Å². The molecule has 1 saturated carbocycles. The van der Waals surface area contributed by atoms with Gasteiger partial charge in [-0.1, -0.05) is 6.42 Å². The maximum absolute atomic E-state index is 9.91. The molecule has 1 saturated heterocycles. The van der Waals surface area contributed by atoms with Crippen LogP contribution in [0.4, 0.5) is 0 Å². The Labute approximate surface area is 86.3 Å². The quantitative estimate of drug-likeness (QED) is 0.682. The van der Waals surface area contributed by atoms with Gasteiger partial charge in [-0.2, -0.15) is 0 Å². The van der Waals surface area contributed by atoms with Gasteiger partial charge in [0.05, 0.1) is 5.60 Å². The molecule has 0 aromatic carbocycles. The van der Waals surface area contributed by atoms with Crippen molar-refractivity contribution in [1.29, 1.82) is 0 Å². The molecule has 0 aromatic rings. The van der Waals surface area contributed by atoms with E-state index in [1.54, 1.807) is 0 Å². The van der Waals surface area contributed by atoms with Crippen LogP contribution in [0.2, 0.25) is 0 Å². The van der Waals surface area contributed by atoms with Gasteiger partial charge in [-0.3, -0.25) is 4.90 Å². The predicted octanol–water partition coefficient (Wildman–Crippen LogP) is 0.570. The predicted molar refractivity (Wildman–Crippen MR) is 57.0 cm³/mol. The first-order chi connectivity index (χ1) is 6.62. The van der Waals surface area contributed by atoms with Crippen LogP contribution in [0.15, 0.2) is 0 Å². The van der Waals surface area contributed by atoms with Crippen molar-refractivity contribution in [3.8, 4) is 0 Å². The molecule has 3 N–H and O–H groups in total. The number of β-amino-alcohol motifs (C(OH)–C–C–N with tert-alkyl or cyclic N) is 1. The lowest BCUT2D eigenvalue weighted by Crippen LogP contribution is -2.41. The summed E-state index contributed by atoms with van der Waals surface area (Å²) in [6.07, 6.45) is 4.78. The minimum Gasteiger partial charge on any atom is -0.389 e. The van der Waals surface area contributed by atoms with E-state index < -0.39 is 5.60 Å². The lowest BCUT2D eigenvalue weighted by molar-refractivity contribution is 0.0586. The molecule has 0 amide bonds. The molecule has 1 heterocycles. The normalized spacial score (nSPS) is 44.8. The Balaban J connectivity index is 1.95. The molecular weight excluding hydrogens is 176 g/mol. The molecule has 3 unspecified atom stereocenters. The Kier molecular flexibility index (Phi) is 2.82. The van der Waals surface area contributed by atoms with Gasteiger partial charge in [0.25, 0.3) is 0 Å². The van der Waals surface area contributed by atoms with Crippen molar-refractivity contribution >= 4 is 0 Å². The smallest absolute Gasteiger partial charge is 0.0758 e. The molecule has 1 aliphatic heterocycles. The summed E-state index contributed by atoms with van der Waals surface area (Å²) in [6, 6.07) is 0.647. The monoisotopic (exact) mass is 198 g/mol. The van der Waals surface area contributed by atoms with E-state index in [1.807, 2.05) is 6.92 Å². The third-order valence-electron chi connectivity index (χ3n) is 3.87. The zero-order valence-corrected chi connectivity index (χ0v) is 9.08. The van der Waals surface area contributed by atoms with Crippen molar-refractivity contribution in [2.24, 2.45) is 11.7 Å². The number of hydrogen-bond donors (Lipinski definition) is 2. The van der Waals surface area contributed by atoms with Crippen molar-refractivity contribution in [3.63, 3.8) is 0 Å². The molecule has 0 aromatic heterocycles. The first-order valence-electron chi connectivity index (χ1n) is 5.79. The van der Waals surface area contributed by atoms with Gasteiger partial charge in [0, 0.05) is 19.1 Å². The van der Waals surface area contributed by atoms with Crippen LogP contribution in [0.5, 0.6) is 0 Å². The first kappa shape index (κ1) is 10.4. The van der Waals surface area contributed by atoms with Crippen LogP contribution < -0.4 is 5.73 Å². The number of aliphatic hydroxyl groups is 1. The Bertz CT molecular complexity index is 205. The van der Waals surface area contributed by atoms with Crippen molar-refractivity contribution in [3.05, 3.63) is 0 Å². The van der Waals surface area contributed by atoms with E-state index in [2.05, 4.69) is 4.90 Å². The standard InChI is InChI=1S/C11H22N2O/c1-11(14)5-6-13(8-11)10-4-2-3-9(10)7-12/h9-10,14H,2-8,12H2,1H3. The highest BCUT2D eigenvalue weighted by molar-refractivity contribution is 4.94. The lowest BCUT2D eigenvalue weighted by Gasteiger charge is -2.29. The molecule has 3 heteroatoms. The summed E-state index contributed by atoms with van der Waals surface area (Å²) in [5.74, 6) is 0.670. The number of hydrogen-bond acceptors (Lipinski definition) is 3. The van der Waals surface area contributed by atoms with E-state index in [-0.39, 0.29) is 0 Å². The molecule has 3 nitrogen and oxygen atoms in total. The van der Waals surface area contributed by atoms with E-state index in [0.717, 1.165) is 26.1 Å². The third kappa shape index (κ3) is 1.95. The Morgan fingerprint density at radius 1 is 1.50 bits per heavy atom. The fraction of sp³-hybridized carbons (Fsp3) is 1.00. The highest BCUT2D eigenvalue weighted by Crippen LogP contribution is 2.33. The van der Waals surface area contributed by atoms with E-state index in [9.17, 15) is 5.11 Å². The molecule has 0 bridgehead atoms. The highest BCUT2D eigenvalue weighted by atomic mass is 16.3. The summed E-state index contributed by atoms with van der Waals surface area (Å²) < 4.78 is 0. The van der Waals surface area contributed by atoms with Gasteiger partial charge in [-0.15, -0.1) is 0 Å². The zero-order chi connectivity index (χ0) is 10.2. The molecule has 1 aliphatic carbocycles. The van der Waals surface area contributed by atoms with Gasteiger partial charge in [0.1, 0.15) is 0 Å². The third-order valence-corrected chi connectivity index (χ3v) is 3.87. The van der Waals surface area contributed by atoms with E-state index in [4.69, 9.17) is 5.73 Å². The van der Waals surface area contributed by atoms with Crippen LogP contribution in [-0.4, -0.2) is 41.3 Å². The maximum atomic E-state index is 9.91. The Morgan fingerprint density at radius 3 is 2.86 bits per heavy atom. The molecule has 0 spiro atoms. The minimum absolute atomic E-state index is 0.457. The second-order valence-electron chi connectivity index (χ2n) is 5.21. The molecular formula is C11H22N2O. The van der Waals surface area contributed by atoms with Crippen molar-refractivity contribution in [1.82, 2.24) is 4.90 Å². The van der Waals surface area contributed by atoms with E-state index in [1.165, 1.54) is 19.3 Å². The second kappa shape index (κ2) is 3.80. The van der Waals surface area contributed by atoms with E-state index in [0.29, 0.717) is 12.0 Å². The molecule has 0 radical (unpaired) electrons. The maximum Gasteiger partial charge on any atom is 0.0758 e. The number of nitrogens with two attached hydrogens (primary N) is 1. The van der Waals surface area contributed by atoms with Gasteiger partial charge >= 0.3 is 0 Å². The summed E-state index contributed by atoms with van der Waals surface area (Å²) in [5, 5.41) is 9.91. The fourth-order valence-corrected chi connectivity index (χ4v) is 3.04. The summed E-state index contributed by atoms with van der Waals surface area (Å²) >= 11 is 0. The van der Waals surface area contributed by atoms with Crippen LogP contribution in [0.3, 0.4) is 0 Å². The van der Waals surface area contributed by atoms with Crippen molar-refractivity contribution in [2.75, 3.05) is 19.6 Å². The van der Waals surface area contributed by atoms with Gasteiger partial charge in [-0.05, 0) is 38.6 Å². The molecule has 2 fully saturated rings. The lowest BCUT2D eigenvalue weighted by atomic mass is 10.0. The zero-order valence-electron chi connectivity index (χ0n) is 9.08. The number of nitrogens with zero attached hydrogens (tertiary/aromatic N) is 1. The second-order valence-corrected chi connectivity index (χ2v) is 5.21. The molecule has 3 atom stereocenters. The highest BCUT2D eigenvalue weighted by Gasteiger charge is 2.39. The van der Waals surface area contributed by atoms with Gasteiger partial charge < -0.3 is 10.8 Å². The van der Waals surface area contributed by atoms with Crippen molar-refractivity contribution in [2.45, 2.75) is 44.2 Å². The summed E-state index contributed by atoms with van der Waals surface area (Å²) in [7, 11) is 0. The number of rotatable bonds is 2. The number of likely N-dealkylation sites (tertiary alicyclic amines) is 1. The van der Waals surface area contributed by atoms with Crippen LogP contribution in [0.1, 0.15) is 32.6 Å². The van der Waals surface area contributed by atoms with Gasteiger partial charge in [0.2, 0.25) is 0 Å². The molecule has 2 rings (SSSR count). The van der Waals surface area contributed by atoms with Crippen LogP contribution in [0, 0.1) is 5.92 Å². The first-order valence-corrected chi connectivity index (χ1v) is 5.79. The summed E-state index contributed by atoms with van der Waals surface area (Å²) in [4.78, 5) is 2.45. The van der Waals surface area contributed by atoms with Gasteiger partial charge in [0.15, 0.2) is 0 Å². The van der Waals surface area contributed by atoms with Crippen LogP contribution >= 0.6 is 0 Å². The van der Waals surface area contributed by atoms with Crippen LogP contribution in [0.25, 0.3) is 0 Å².